The molecule has 0 aliphatic carbocycles. The number of anilines is 1. The van der Waals surface area contributed by atoms with Crippen LogP contribution >= 0.6 is 0 Å². The minimum atomic E-state index is -1.29. The number of carbonyl (C=O) groups excluding carboxylic acids is 2. The average Bonchev–Trinajstić information content (AvgIpc) is 3.38. The molecule has 3 N–H and O–H groups in total. The number of fused-ring (bicyclic) bond motifs is 1. The monoisotopic (exact) mass is 626 g/mol. The number of imide groups is 1. The van der Waals surface area contributed by atoms with Crippen LogP contribution in [-0.4, -0.2) is 80.4 Å². The quantitative estimate of drug-likeness (QED) is 0.401. The summed E-state index contributed by atoms with van der Waals surface area (Å²) in [6.07, 6.45) is 4.68. The van der Waals surface area contributed by atoms with Gasteiger partial charge in [-0.1, -0.05) is 17.9 Å². The van der Waals surface area contributed by atoms with Crippen LogP contribution in [0.2, 0.25) is 0 Å². The molecule has 0 spiro atoms. The summed E-state index contributed by atoms with van der Waals surface area (Å²) in [7, 11) is 0.592. The van der Waals surface area contributed by atoms with Gasteiger partial charge in [-0.2, -0.15) is 10.4 Å². The average molecular weight is 627 g/mol. The Kier molecular flexibility index (Phi) is 9.29. The first-order chi connectivity index (χ1) is 21.8. The normalized spacial score (nSPS) is 19.6. The van der Waals surface area contributed by atoms with E-state index in [9.17, 15) is 19.1 Å². The molecule has 3 aliphatic rings. The van der Waals surface area contributed by atoms with E-state index in [1.54, 1.807) is 22.9 Å². The van der Waals surface area contributed by atoms with Crippen LogP contribution in [-0.2, 0) is 22.8 Å². The Labute approximate surface area is 265 Å². The molecule has 3 saturated heterocycles. The number of nitrogens with one attached hydrogen (secondary N) is 1. The molecule has 3 fully saturated rings. The van der Waals surface area contributed by atoms with Gasteiger partial charge in [0.05, 0.1) is 16.0 Å². The predicted octanol–water partition coefficient (Wildman–Crippen LogP) is 2.96. The largest absolute Gasteiger partial charge is 0.329 e. The maximum atomic E-state index is 13.1. The number of urea groups is 1. The smallest absolute Gasteiger partial charge is 0.328 e. The van der Waals surface area contributed by atoms with E-state index < -0.39 is 17.0 Å². The molecule has 3 aliphatic heterocycles. The summed E-state index contributed by atoms with van der Waals surface area (Å²) < 4.78 is 16.9. The molecule has 0 bridgehead atoms. The number of nitriles is 1. The molecular weight excluding hydrogens is 588 g/mol. The molecule has 3 amide bonds. The number of hydrogen-bond acceptors (Lipinski definition) is 7. The van der Waals surface area contributed by atoms with Crippen LogP contribution in [0.3, 0.4) is 0 Å². The summed E-state index contributed by atoms with van der Waals surface area (Å²) in [6.45, 7) is 4.52. The van der Waals surface area contributed by atoms with Crippen LogP contribution in [0, 0.1) is 23.2 Å². The number of nitrogens with two attached hydrogens (primary N) is 1. The van der Waals surface area contributed by atoms with E-state index in [0.29, 0.717) is 53.8 Å². The molecule has 45 heavy (non-hydrogen) atoms. The number of amides is 3. The van der Waals surface area contributed by atoms with Gasteiger partial charge in [-0.15, -0.1) is 0 Å². The molecule has 4 heterocycles. The van der Waals surface area contributed by atoms with Gasteiger partial charge in [0.15, 0.2) is 5.82 Å². The molecule has 1 aromatic heterocycles. The van der Waals surface area contributed by atoms with Gasteiger partial charge >= 0.3 is 6.03 Å². The number of carbonyl (C=O) groups is 2. The molecule has 11 nitrogen and oxygen atoms in total. The van der Waals surface area contributed by atoms with Crippen molar-refractivity contribution in [3.63, 3.8) is 0 Å². The van der Waals surface area contributed by atoms with Gasteiger partial charge in [-0.05, 0) is 80.6 Å². The lowest BCUT2D eigenvalue weighted by Crippen LogP contribution is -2.49. The Bertz CT molecular complexity index is 1740. The topological polar surface area (TPSA) is 141 Å². The van der Waals surface area contributed by atoms with Crippen molar-refractivity contribution in [2.75, 3.05) is 44.2 Å². The van der Waals surface area contributed by atoms with E-state index in [1.165, 1.54) is 10.5 Å². The van der Waals surface area contributed by atoms with E-state index in [2.05, 4.69) is 45.4 Å². The summed E-state index contributed by atoms with van der Waals surface area (Å²) in [5, 5.41) is 17.5. The molecule has 1 atom stereocenters. The Morgan fingerprint density at radius 2 is 1.80 bits per heavy atom. The molecule has 2 aromatic carbocycles. The van der Waals surface area contributed by atoms with Crippen LogP contribution in [0.15, 0.2) is 41.3 Å². The van der Waals surface area contributed by atoms with Crippen LogP contribution in [0.5, 0.6) is 0 Å². The van der Waals surface area contributed by atoms with E-state index >= 15 is 0 Å². The minimum absolute atomic E-state index is 0.170. The third-order valence-corrected chi connectivity index (χ3v) is 10.5. The second-order valence-corrected chi connectivity index (χ2v) is 13.5. The standard InChI is InChI=1S/C33H38N8O3S/c1-38-30-21-25(6-8-29(30)32(37-38)41-19-13-31(42)36-33(41)43)23-9-15-39(16-10-23)14-3-2-4-24-20-28(7-5-26(24)22-34)45(44)40-17-11-27(35)12-18-40/h5-8,20-21,23,27H,3,9-19,35H2,1H3,(H,36,42,43). The maximum absolute atomic E-state index is 13.1. The van der Waals surface area contributed by atoms with Gasteiger partial charge in [0, 0.05) is 63.1 Å². The molecule has 12 heteroatoms. The lowest BCUT2D eigenvalue weighted by molar-refractivity contribution is -0.120. The highest BCUT2D eigenvalue weighted by molar-refractivity contribution is 7.82. The molecule has 234 valence electrons. The summed E-state index contributed by atoms with van der Waals surface area (Å²) in [5.41, 5.74) is 9.36. The number of rotatable bonds is 6. The van der Waals surface area contributed by atoms with Crippen LogP contribution in [0.1, 0.15) is 61.1 Å². The fraction of sp³-hybridized carbons (Fsp3) is 0.455. The number of benzene rings is 2. The van der Waals surface area contributed by atoms with Crippen LogP contribution in [0.4, 0.5) is 10.6 Å². The van der Waals surface area contributed by atoms with Crippen molar-refractivity contribution in [1.29, 1.82) is 5.26 Å². The summed E-state index contributed by atoms with van der Waals surface area (Å²) in [4.78, 5) is 28.6. The molecule has 0 radical (unpaired) electrons. The predicted molar refractivity (Wildman–Crippen MR) is 172 cm³/mol. The van der Waals surface area contributed by atoms with E-state index in [0.717, 1.165) is 56.2 Å². The highest BCUT2D eigenvalue weighted by Gasteiger charge is 2.29. The Balaban J connectivity index is 1.04. The van der Waals surface area contributed by atoms with E-state index in [4.69, 9.17) is 5.73 Å². The second-order valence-electron chi connectivity index (χ2n) is 12.0. The van der Waals surface area contributed by atoms with Crippen molar-refractivity contribution in [1.82, 2.24) is 24.3 Å². The summed E-state index contributed by atoms with van der Waals surface area (Å²) >= 11 is 0. The van der Waals surface area contributed by atoms with Crippen molar-refractivity contribution in [2.24, 2.45) is 12.8 Å². The molecule has 1 unspecified atom stereocenters. The lowest BCUT2D eigenvalue weighted by atomic mass is 9.89. The van der Waals surface area contributed by atoms with E-state index in [-0.39, 0.29) is 18.4 Å². The van der Waals surface area contributed by atoms with Gasteiger partial charge in [-0.3, -0.25) is 19.7 Å². The van der Waals surface area contributed by atoms with Crippen molar-refractivity contribution >= 4 is 39.6 Å². The first-order valence-corrected chi connectivity index (χ1v) is 16.7. The zero-order chi connectivity index (χ0) is 31.5. The Hall–Kier alpha value is -4.07. The Morgan fingerprint density at radius 3 is 2.53 bits per heavy atom. The van der Waals surface area contributed by atoms with Gasteiger partial charge < -0.3 is 10.6 Å². The van der Waals surface area contributed by atoms with Crippen LogP contribution < -0.4 is 16.0 Å². The van der Waals surface area contributed by atoms with Crippen molar-refractivity contribution in [3.8, 4) is 17.9 Å². The zero-order valence-corrected chi connectivity index (χ0v) is 26.3. The first-order valence-electron chi connectivity index (χ1n) is 15.6. The van der Waals surface area contributed by atoms with Crippen LogP contribution in [0.25, 0.3) is 10.9 Å². The number of aromatic nitrogens is 2. The lowest BCUT2D eigenvalue weighted by Gasteiger charge is -2.31. The fourth-order valence-electron chi connectivity index (χ4n) is 6.36. The molecule has 3 aromatic rings. The first kappa shape index (κ1) is 30.9. The molecule has 0 saturated carbocycles. The molecular formula is C33H38N8O3S. The van der Waals surface area contributed by atoms with Gasteiger partial charge in [0.1, 0.15) is 17.1 Å². The minimum Gasteiger partial charge on any atom is -0.328 e. The SMILES string of the molecule is Cn1nc(N2CCC(=O)NC2=O)c2ccc(C3CCN(CCC#Cc4cc(S(=O)N5CCC(N)CC5)ccc4C#N)CC3)cc21. The maximum Gasteiger partial charge on any atom is 0.329 e. The van der Waals surface area contributed by atoms with E-state index in [1.807, 2.05) is 17.4 Å². The highest BCUT2D eigenvalue weighted by atomic mass is 32.2. The number of aryl methyl sites for hydroxylation is 1. The summed E-state index contributed by atoms with van der Waals surface area (Å²) in [6, 6.07) is 13.6. The Morgan fingerprint density at radius 1 is 1.02 bits per heavy atom. The van der Waals surface area contributed by atoms with Crippen molar-refractivity contribution < 1.29 is 13.8 Å². The third kappa shape index (κ3) is 6.80. The van der Waals surface area contributed by atoms with Gasteiger partial charge in [-0.25, -0.2) is 13.3 Å². The number of likely N-dealkylation sites (tertiary alicyclic amines) is 1. The number of piperidine rings is 2. The van der Waals surface area contributed by atoms with Crippen molar-refractivity contribution in [2.45, 2.75) is 55.4 Å². The number of hydrogen-bond donors (Lipinski definition) is 2. The molecule has 6 rings (SSSR count). The highest BCUT2D eigenvalue weighted by Crippen LogP contribution is 2.33. The zero-order valence-electron chi connectivity index (χ0n) is 25.5. The fourth-order valence-corrected chi connectivity index (χ4v) is 7.60. The number of nitrogens with zero attached hydrogens (tertiary/aromatic N) is 6. The van der Waals surface area contributed by atoms with Gasteiger partial charge in [0.25, 0.3) is 0 Å². The summed E-state index contributed by atoms with van der Waals surface area (Å²) in [5.74, 6) is 7.17. The van der Waals surface area contributed by atoms with Crippen molar-refractivity contribution in [3.05, 3.63) is 53.1 Å². The second kappa shape index (κ2) is 13.5. The third-order valence-electron chi connectivity index (χ3n) is 9.05. The van der Waals surface area contributed by atoms with Gasteiger partial charge in [0.2, 0.25) is 5.91 Å².